The predicted molar refractivity (Wildman–Crippen MR) is 122 cm³/mol. The van der Waals surface area contributed by atoms with Crippen LogP contribution in [-0.2, 0) is 9.53 Å². The molecule has 4 heteroatoms. The van der Waals surface area contributed by atoms with Crippen LogP contribution < -0.4 is 17.0 Å². The lowest BCUT2D eigenvalue weighted by Gasteiger charge is -2.38. The van der Waals surface area contributed by atoms with E-state index in [1.807, 2.05) is 0 Å². The van der Waals surface area contributed by atoms with Crippen molar-refractivity contribution in [3.63, 3.8) is 0 Å². The number of esters is 1. The van der Waals surface area contributed by atoms with Gasteiger partial charge < -0.3 is 26.2 Å². The number of likely N-dealkylation sites (N-methyl/N-ethyl adjacent to an activating group) is 1. The topological polar surface area (TPSA) is 26.3 Å². The van der Waals surface area contributed by atoms with Gasteiger partial charge >= 0.3 is 5.97 Å². The molecule has 0 aromatic heterocycles. The van der Waals surface area contributed by atoms with Crippen LogP contribution in [0.15, 0.2) is 34.9 Å². The van der Waals surface area contributed by atoms with Crippen LogP contribution in [0, 0.1) is 0 Å². The third kappa shape index (κ3) is 14.7. The van der Waals surface area contributed by atoms with Crippen LogP contribution in [0.25, 0.3) is 0 Å². The van der Waals surface area contributed by atoms with Gasteiger partial charge in [0, 0.05) is 13.3 Å². The first-order valence-corrected chi connectivity index (χ1v) is 11.1. The van der Waals surface area contributed by atoms with E-state index in [0.717, 1.165) is 62.8 Å². The summed E-state index contributed by atoms with van der Waals surface area (Å²) in [5.74, 6) is -0.174. The van der Waals surface area contributed by atoms with E-state index in [4.69, 9.17) is 4.74 Å². The highest BCUT2D eigenvalue weighted by molar-refractivity contribution is 5.66. The molecule has 0 spiro atoms. The van der Waals surface area contributed by atoms with Crippen LogP contribution in [0.2, 0.25) is 0 Å². The molecule has 0 radical (unpaired) electrons. The van der Waals surface area contributed by atoms with E-state index in [9.17, 15) is 4.79 Å². The molecule has 1 atom stereocenters. The highest BCUT2D eigenvalue weighted by atomic mass is 79.9. The molecule has 0 heterocycles. The van der Waals surface area contributed by atoms with Crippen LogP contribution >= 0.6 is 0 Å². The number of ether oxygens (including phenoxy) is 1. The van der Waals surface area contributed by atoms with Crippen LogP contribution in [0.4, 0.5) is 0 Å². The molecule has 0 saturated carbocycles. The van der Waals surface area contributed by atoms with E-state index >= 15 is 0 Å². The number of carbonyl (C=O) groups is 1. The van der Waals surface area contributed by atoms with Gasteiger partial charge in [-0.15, -0.1) is 0 Å². The number of rotatable bonds is 14. The lowest BCUT2D eigenvalue weighted by Crippen LogP contribution is -3.00. The number of halogens is 1. The number of hydrogen-bond donors (Lipinski definition) is 0. The number of allylic oxidation sites excluding steroid dienone is 5. The molecule has 0 saturated heterocycles. The van der Waals surface area contributed by atoms with E-state index in [-0.39, 0.29) is 29.1 Å². The minimum atomic E-state index is -0.174. The molecule has 0 aliphatic rings. The minimum Gasteiger partial charge on any atom is -1.00 e. The molecular weight excluding hydrogens is 426 g/mol. The molecule has 0 rings (SSSR count). The van der Waals surface area contributed by atoms with Crippen molar-refractivity contribution in [1.29, 1.82) is 0 Å². The fraction of sp³-hybridized carbons (Fsp3) is 0.720. The summed E-state index contributed by atoms with van der Waals surface area (Å²) < 4.78 is 6.65. The SMILES string of the molecule is CC[N+](CC)(CC)CC(CC=C(C)CCC=C(C)CCC=C(C)C)OC(C)=O.[Br-]. The largest absolute Gasteiger partial charge is 1.00 e. The van der Waals surface area contributed by atoms with Gasteiger partial charge in [-0.05, 0) is 74.1 Å². The Kier molecular flexibility index (Phi) is 17.6. The zero-order valence-electron chi connectivity index (χ0n) is 20.3. The van der Waals surface area contributed by atoms with Crippen molar-refractivity contribution in [1.82, 2.24) is 0 Å². The lowest BCUT2D eigenvalue weighted by atomic mass is 10.0. The molecule has 0 N–H and O–H groups in total. The highest BCUT2D eigenvalue weighted by Crippen LogP contribution is 2.16. The summed E-state index contributed by atoms with van der Waals surface area (Å²) in [6.45, 7) is 21.0. The fourth-order valence-corrected chi connectivity index (χ4v) is 3.56. The second kappa shape index (κ2) is 16.9. The van der Waals surface area contributed by atoms with E-state index < -0.39 is 0 Å². The van der Waals surface area contributed by atoms with Crippen molar-refractivity contribution in [3.05, 3.63) is 34.9 Å². The molecule has 0 amide bonds. The summed E-state index contributed by atoms with van der Waals surface area (Å²) in [5, 5.41) is 0. The predicted octanol–water partition coefficient (Wildman–Crippen LogP) is 3.61. The van der Waals surface area contributed by atoms with Crippen LogP contribution in [0.5, 0.6) is 0 Å². The first-order chi connectivity index (χ1) is 13.2. The molecule has 0 aliphatic carbocycles. The maximum absolute atomic E-state index is 11.6. The van der Waals surface area contributed by atoms with Gasteiger partial charge in [-0.3, -0.25) is 4.79 Å². The lowest BCUT2D eigenvalue weighted by molar-refractivity contribution is -0.925. The van der Waals surface area contributed by atoms with E-state index in [1.54, 1.807) is 0 Å². The Hall–Kier alpha value is -0.870. The van der Waals surface area contributed by atoms with Crippen LogP contribution in [0.3, 0.4) is 0 Å². The van der Waals surface area contributed by atoms with Crippen molar-refractivity contribution in [2.75, 3.05) is 26.2 Å². The van der Waals surface area contributed by atoms with Crippen molar-refractivity contribution in [2.45, 2.75) is 93.6 Å². The zero-order valence-corrected chi connectivity index (χ0v) is 21.9. The number of quaternary nitrogens is 1. The Bertz CT molecular complexity index is 533. The standard InChI is InChI=1S/C25H46NO2.BrH/c1-9-26(10-2,11-3)20-25(28-24(8)27)19-18-23(7)17-13-16-22(6)15-12-14-21(4)5;/h14,16,18,25H,9-13,15,17,19-20H2,1-8H3;1H/q+1;/p-1. The quantitative estimate of drug-likeness (QED) is 0.219. The molecule has 0 fully saturated rings. The number of carbonyl (C=O) groups excluding carboxylic acids is 1. The summed E-state index contributed by atoms with van der Waals surface area (Å²) >= 11 is 0. The normalized spacial score (nSPS) is 13.5. The van der Waals surface area contributed by atoms with Gasteiger partial charge in [-0.1, -0.05) is 34.9 Å². The van der Waals surface area contributed by atoms with E-state index in [2.05, 4.69) is 66.7 Å². The van der Waals surface area contributed by atoms with Crippen molar-refractivity contribution >= 4 is 5.97 Å². The molecular formula is C25H46BrNO2. The Morgan fingerprint density at radius 2 is 1.31 bits per heavy atom. The number of nitrogens with zero attached hydrogens (tertiary/aromatic N) is 1. The van der Waals surface area contributed by atoms with Gasteiger partial charge in [-0.25, -0.2) is 0 Å². The monoisotopic (exact) mass is 471 g/mol. The first kappa shape index (κ1) is 30.3. The second-order valence-corrected chi connectivity index (χ2v) is 8.40. The van der Waals surface area contributed by atoms with Crippen LogP contribution in [0.1, 0.15) is 87.5 Å². The van der Waals surface area contributed by atoms with E-state index in [1.165, 1.54) is 23.6 Å². The molecule has 0 aromatic rings. The second-order valence-electron chi connectivity index (χ2n) is 8.40. The number of hydrogen-bond acceptors (Lipinski definition) is 2. The van der Waals surface area contributed by atoms with Gasteiger partial charge in [0.15, 0.2) is 6.10 Å². The minimum absolute atomic E-state index is 0. The third-order valence-corrected chi connectivity index (χ3v) is 5.79. The molecule has 1 unspecified atom stereocenters. The Balaban J connectivity index is 0. The maximum atomic E-state index is 11.6. The van der Waals surface area contributed by atoms with Gasteiger partial charge in [0.25, 0.3) is 0 Å². The molecule has 3 nitrogen and oxygen atoms in total. The van der Waals surface area contributed by atoms with Crippen molar-refractivity contribution < 1.29 is 31.0 Å². The molecule has 0 bridgehead atoms. The Morgan fingerprint density at radius 1 is 0.828 bits per heavy atom. The van der Waals surface area contributed by atoms with Crippen molar-refractivity contribution in [2.24, 2.45) is 0 Å². The van der Waals surface area contributed by atoms with Gasteiger partial charge in [0.2, 0.25) is 0 Å². The first-order valence-electron chi connectivity index (χ1n) is 11.1. The summed E-state index contributed by atoms with van der Waals surface area (Å²) in [7, 11) is 0. The molecule has 170 valence electrons. The van der Waals surface area contributed by atoms with Gasteiger partial charge in [0.1, 0.15) is 6.54 Å². The third-order valence-electron chi connectivity index (χ3n) is 5.79. The fourth-order valence-electron chi connectivity index (χ4n) is 3.56. The Labute approximate surface area is 191 Å². The summed E-state index contributed by atoms with van der Waals surface area (Å²) in [4.78, 5) is 11.6. The Morgan fingerprint density at radius 3 is 1.76 bits per heavy atom. The van der Waals surface area contributed by atoms with Crippen LogP contribution in [-0.4, -0.2) is 42.7 Å². The molecule has 0 aromatic carbocycles. The average Bonchev–Trinajstić information content (AvgIpc) is 2.63. The highest BCUT2D eigenvalue weighted by Gasteiger charge is 2.27. The molecule has 0 aliphatic heterocycles. The van der Waals surface area contributed by atoms with Gasteiger partial charge in [0.05, 0.1) is 19.6 Å². The smallest absolute Gasteiger partial charge is 0.303 e. The average molecular weight is 473 g/mol. The van der Waals surface area contributed by atoms with Gasteiger partial charge in [-0.2, -0.15) is 0 Å². The molecule has 29 heavy (non-hydrogen) atoms. The summed E-state index contributed by atoms with van der Waals surface area (Å²) in [6.07, 6.45) is 12.2. The zero-order chi connectivity index (χ0) is 21.6. The van der Waals surface area contributed by atoms with Crippen molar-refractivity contribution in [3.8, 4) is 0 Å². The summed E-state index contributed by atoms with van der Waals surface area (Å²) in [5.41, 5.74) is 4.25. The van der Waals surface area contributed by atoms with E-state index in [0.29, 0.717) is 0 Å². The summed E-state index contributed by atoms with van der Waals surface area (Å²) in [6, 6.07) is 0. The maximum Gasteiger partial charge on any atom is 0.303 e.